The third-order valence-corrected chi connectivity index (χ3v) is 4.24. The molecule has 0 aromatic heterocycles. The van der Waals surface area contributed by atoms with Crippen molar-refractivity contribution in [1.82, 2.24) is 4.81 Å². The van der Waals surface area contributed by atoms with Gasteiger partial charge in [0.1, 0.15) is 0 Å². The Balaban J connectivity index is 1.96. The Bertz CT molecular complexity index is 478. The van der Waals surface area contributed by atoms with E-state index < -0.39 is 0 Å². The van der Waals surface area contributed by atoms with E-state index in [9.17, 15) is 4.79 Å². The van der Waals surface area contributed by atoms with Crippen molar-refractivity contribution in [1.29, 1.82) is 5.31 Å². The number of piperidine rings is 1. The van der Waals surface area contributed by atoms with Gasteiger partial charge in [-0.05, 0) is 0 Å². The molecule has 0 saturated carbocycles. The topological polar surface area (TPSA) is 44.2 Å². The number of rotatable bonds is 1. The molecule has 1 heterocycles. The molecule has 0 atom stereocenters. The molecular weight excluding hydrogens is 211 g/mol. The predicted octanol–water partition coefficient (Wildman–Crippen LogP) is 1.99. The van der Waals surface area contributed by atoms with Gasteiger partial charge in [0.25, 0.3) is 0 Å². The summed E-state index contributed by atoms with van der Waals surface area (Å²) >= 11 is 0. The van der Waals surface area contributed by atoms with Gasteiger partial charge in [-0.2, -0.15) is 0 Å². The van der Waals surface area contributed by atoms with Crippen LogP contribution in [0.25, 0.3) is 0 Å². The Hall–Kier alpha value is -1.45. The Labute approximate surface area is 102 Å². The van der Waals surface area contributed by atoms with Crippen LogP contribution < -0.4 is 0 Å². The first-order valence-electron chi connectivity index (χ1n) is 6.13. The fourth-order valence-corrected chi connectivity index (χ4v) is 3.21. The molecule has 1 fully saturated rings. The molecule has 1 aliphatic heterocycles. The molecule has 3 rings (SSSR count). The molecule has 1 spiro atoms. The van der Waals surface area contributed by atoms with Gasteiger partial charge >= 0.3 is 101 Å². The quantitative estimate of drug-likeness (QED) is 0.744. The van der Waals surface area contributed by atoms with Gasteiger partial charge in [-0.25, -0.2) is 0 Å². The molecule has 1 aromatic rings. The second-order valence-electron chi connectivity index (χ2n) is 5.09. The first-order chi connectivity index (χ1) is 8.25. The number of fused-ring (bicyclic) bond motifs is 2. The maximum atomic E-state index is 12.0. The van der Waals surface area contributed by atoms with Crippen LogP contribution >= 0.6 is 0 Å². The SMILES string of the molecule is N=BN1CCC2(CC1)CC(=O)c1ccccc12. The van der Waals surface area contributed by atoms with Crippen molar-refractivity contribution in [3.63, 3.8) is 0 Å². The van der Waals surface area contributed by atoms with Gasteiger partial charge in [-0.1, -0.05) is 0 Å². The van der Waals surface area contributed by atoms with Crippen molar-refractivity contribution in [3.8, 4) is 0 Å². The van der Waals surface area contributed by atoms with Crippen LogP contribution in [0.1, 0.15) is 35.2 Å². The Morgan fingerprint density at radius 2 is 1.94 bits per heavy atom. The summed E-state index contributed by atoms with van der Waals surface area (Å²) in [5.41, 5.74) is 2.23. The van der Waals surface area contributed by atoms with E-state index in [0.29, 0.717) is 12.2 Å². The van der Waals surface area contributed by atoms with Gasteiger partial charge in [0.05, 0.1) is 0 Å². The van der Waals surface area contributed by atoms with E-state index in [2.05, 4.69) is 6.07 Å². The van der Waals surface area contributed by atoms with E-state index in [1.165, 1.54) is 12.8 Å². The first kappa shape index (κ1) is 10.7. The van der Waals surface area contributed by atoms with Gasteiger partial charge in [0.2, 0.25) is 0 Å². The van der Waals surface area contributed by atoms with Crippen LogP contribution in [0.4, 0.5) is 0 Å². The van der Waals surface area contributed by atoms with Crippen LogP contribution in [-0.4, -0.2) is 30.9 Å². The van der Waals surface area contributed by atoms with Crippen molar-refractivity contribution >= 4 is 13.0 Å². The third kappa shape index (κ3) is 1.54. The van der Waals surface area contributed by atoms with E-state index in [4.69, 9.17) is 5.31 Å². The van der Waals surface area contributed by atoms with Crippen molar-refractivity contribution in [2.45, 2.75) is 24.7 Å². The van der Waals surface area contributed by atoms with E-state index in [1.54, 1.807) is 0 Å². The molecular formula is C13H15BN2O. The van der Waals surface area contributed by atoms with Crippen LogP contribution in [-0.2, 0) is 5.41 Å². The van der Waals surface area contributed by atoms with E-state index in [0.717, 1.165) is 31.5 Å². The van der Waals surface area contributed by atoms with E-state index >= 15 is 0 Å². The minimum absolute atomic E-state index is 0.0627. The number of ketones is 1. The van der Waals surface area contributed by atoms with Gasteiger partial charge in [0, 0.05) is 0 Å². The summed E-state index contributed by atoms with van der Waals surface area (Å²) in [6.45, 7) is 1.79. The molecule has 86 valence electrons. The van der Waals surface area contributed by atoms with Crippen molar-refractivity contribution in [2.75, 3.05) is 13.1 Å². The first-order valence-corrected chi connectivity index (χ1v) is 6.13. The molecule has 0 radical (unpaired) electrons. The number of nitrogens with zero attached hydrogens (tertiary/aromatic N) is 1. The Morgan fingerprint density at radius 1 is 1.24 bits per heavy atom. The monoisotopic (exact) mass is 226 g/mol. The molecule has 4 heteroatoms. The molecule has 1 saturated heterocycles. The van der Waals surface area contributed by atoms with Gasteiger partial charge in [-0.15, -0.1) is 0 Å². The average molecular weight is 226 g/mol. The summed E-state index contributed by atoms with van der Waals surface area (Å²) in [6.07, 6.45) is 2.65. The molecule has 1 N–H and O–H groups in total. The normalized spacial score (nSPS) is 21.4. The van der Waals surface area contributed by atoms with E-state index in [-0.39, 0.29) is 5.41 Å². The second-order valence-corrected chi connectivity index (χ2v) is 5.09. The van der Waals surface area contributed by atoms with Crippen molar-refractivity contribution < 1.29 is 4.79 Å². The molecule has 1 aromatic carbocycles. The summed E-state index contributed by atoms with van der Waals surface area (Å²) in [7, 11) is 1.41. The number of hydrogen-bond donors (Lipinski definition) is 1. The number of carbonyl (C=O) groups is 1. The zero-order valence-corrected chi connectivity index (χ0v) is 9.78. The van der Waals surface area contributed by atoms with Crippen LogP contribution in [0.15, 0.2) is 24.3 Å². The maximum absolute atomic E-state index is 12.0. The molecule has 3 nitrogen and oxygen atoms in total. The number of hydrogen-bond acceptors (Lipinski definition) is 2. The molecule has 17 heavy (non-hydrogen) atoms. The summed E-state index contributed by atoms with van der Waals surface area (Å²) < 4.78 is 0. The molecule has 0 bridgehead atoms. The summed E-state index contributed by atoms with van der Waals surface area (Å²) in [5.74, 6) is 0.295. The van der Waals surface area contributed by atoms with Crippen LogP contribution in [0.5, 0.6) is 0 Å². The summed E-state index contributed by atoms with van der Waals surface area (Å²) in [6, 6.07) is 8.04. The number of nitrogens with one attached hydrogen (secondary N) is 1. The summed E-state index contributed by atoms with van der Waals surface area (Å²) in [5, 5.41) is 7.27. The number of Topliss-reactive ketones (excluding diaryl/α,β-unsaturated/α-hetero) is 1. The fourth-order valence-electron chi connectivity index (χ4n) is 3.21. The van der Waals surface area contributed by atoms with Crippen LogP contribution in [0.3, 0.4) is 0 Å². The van der Waals surface area contributed by atoms with Gasteiger partial charge in [0.15, 0.2) is 0 Å². The predicted molar refractivity (Wildman–Crippen MR) is 66.3 cm³/mol. The van der Waals surface area contributed by atoms with E-state index in [1.807, 2.05) is 23.0 Å². The van der Waals surface area contributed by atoms with Gasteiger partial charge in [-0.3, -0.25) is 0 Å². The average Bonchev–Trinajstić information content (AvgIpc) is 2.65. The fraction of sp³-hybridized carbons (Fsp3) is 0.462. The van der Waals surface area contributed by atoms with Crippen LogP contribution in [0, 0.1) is 5.31 Å². The summed E-state index contributed by atoms with van der Waals surface area (Å²) in [4.78, 5) is 14.1. The molecule has 1 aliphatic carbocycles. The third-order valence-electron chi connectivity index (χ3n) is 4.24. The number of carbonyl (C=O) groups excluding carboxylic acids is 1. The zero-order chi connectivity index (χ0) is 11.9. The minimum atomic E-state index is 0.0627. The van der Waals surface area contributed by atoms with Crippen molar-refractivity contribution in [2.24, 2.45) is 0 Å². The van der Waals surface area contributed by atoms with Gasteiger partial charge < -0.3 is 0 Å². The Kier molecular flexibility index (Phi) is 2.39. The zero-order valence-electron chi connectivity index (χ0n) is 9.78. The number of benzene rings is 1. The molecule has 2 aliphatic rings. The second kappa shape index (κ2) is 3.79. The molecule has 0 amide bonds. The standard InChI is InChI=1S/C13H15BN2O/c15-14-16-7-5-13(6-8-16)9-12(17)10-3-1-2-4-11(10)13/h1-4,15H,5-9H2. The van der Waals surface area contributed by atoms with Crippen molar-refractivity contribution in [3.05, 3.63) is 35.4 Å². The van der Waals surface area contributed by atoms with Crippen LogP contribution in [0.2, 0.25) is 0 Å². The Morgan fingerprint density at radius 3 is 2.65 bits per heavy atom. The molecule has 0 unspecified atom stereocenters.